The summed E-state index contributed by atoms with van der Waals surface area (Å²) in [7, 11) is 0. The van der Waals surface area contributed by atoms with Gasteiger partial charge in [-0.25, -0.2) is 4.98 Å². The van der Waals surface area contributed by atoms with Gasteiger partial charge in [-0.15, -0.1) is 11.3 Å². The number of anilines is 1. The SMILES string of the molecule is CSNC(=O)c1nc(N(CCn2cc(C#N)cn2)Cc2ccccc2)sc1C. The van der Waals surface area contributed by atoms with Gasteiger partial charge in [-0.05, 0) is 12.5 Å². The van der Waals surface area contributed by atoms with Crippen molar-refractivity contribution in [1.29, 1.82) is 5.26 Å². The molecule has 0 aliphatic heterocycles. The standard InChI is InChI=1S/C19H20N6OS2/c1-14-17(18(26)23-27-2)22-19(28-14)24(12-15-6-4-3-5-7-15)8-9-25-13-16(10-20)11-21-25/h3-7,11,13H,8-9,12H2,1-2H3,(H,23,26). The maximum absolute atomic E-state index is 12.2. The van der Waals surface area contributed by atoms with Gasteiger partial charge in [0.05, 0.1) is 18.3 Å². The number of carbonyl (C=O) groups is 1. The van der Waals surface area contributed by atoms with Crippen LogP contribution in [-0.4, -0.2) is 33.5 Å². The lowest BCUT2D eigenvalue weighted by Crippen LogP contribution is -2.27. The van der Waals surface area contributed by atoms with Crippen molar-refractivity contribution in [2.24, 2.45) is 0 Å². The fraction of sp³-hybridized carbons (Fsp3) is 0.263. The predicted octanol–water partition coefficient (Wildman–Crippen LogP) is 3.23. The van der Waals surface area contributed by atoms with E-state index < -0.39 is 0 Å². The Morgan fingerprint density at radius 3 is 2.86 bits per heavy atom. The lowest BCUT2D eigenvalue weighted by Gasteiger charge is -2.22. The second-order valence-corrected chi connectivity index (χ2v) is 7.84. The van der Waals surface area contributed by atoms with E-state index in [1.807, 2.05) is 31.4 Å². The molecule has 0 saturated heterocycles. The topological polar surface area (TPSA) is 86.8 Å². The molecular weight excluding hydrogens is 392 g/mol. The summed E-state index contributed by atoms with van der Waals surface area (Å²) in [5, 5.41) is 14.0. The molecule has 0 bridgehead atoms. The Balaban J connectivity index is 1.82. The highest BCUT2D eigenvalue weighted by atomic mass is 32.2. The Morgan fingerprint density at radius 1 is 1.39 bits per heavy atom. The molecule has 9 heteroatoms. The zero-order valence-electron chi connectivity index (χ0n) is 15.6. The van der Waals surface area contributed by atoms with E-state index in [0.717, 1.165) is 15.6 Å². The molecule has 1 aromatic carbocycles. The average Bonchev–Trinajstić information content (AvgIpc) is 3.32. The van der Waals surface area contributed by atoms with Crippen LogP contribution in [0.4, 0.5) is 5.13 Å². The van der Waals surface area contributed by atoms with Crippen molar-refractivity contribution in [3.05, 3.63) is 64.4 Å². The molecule has 0 saturated carbocycles. The van der Waals surface area contributed by atoms with Gasteiger partial charge in [0.15, 0.2) is 5.13 Å². The van der Waals surface area contributed by atoms with Gasteiger partial charge in [0, 0.05) is 30.4 Å². The number of carbonyl (C=O) groups excluding carboxylic acids is 1. The number of rotatable bonds is 8. The summed E-state index contributed by atoms with van der Waals surface area (Å²) >= 11 is 2.76. The summed E-state index contributed by atoms with van der Waals surface area (Å²) in [6.45, 7) is 3.84. The van der Waals surface area contributed by atoms with Crippen LogP contribution in [0.3, 0.4) is 0 Å². The van der Waals surface area contributed by atoms with Crippen molar-refractivity contribution in [3.63, 3.8) is 0 Å². The Kier molecular flexibility index (Phi) is 6.68. The normalized spacial score (nSPS) is 10.5. The molecule has 2 heterocycles. The predicted molar refractivity (Wildman–Crippen MR) is 112 cm³/mol. The maximum atomic E-state index is 12.2. The number of nitrogens with zero attached hydrogens (tertiary/aromatic N) is 5. The molecule has 7 nitrogen and oxygen atoms in total. The fourth-order valence-corrected chi connectivity index (χ4v) is 3.90. The van der Waals surface area contributed by atoms with E-state index in [1.54, 1.807) is 17.1 Å². The fourth-order valence-electron chi connectivity index (χ4n) is 2.68. The minimum absolute atomic E-state index is 0.183. The Bertz CT molecular complexity index is 976. The molecule has 0 fully saturated rings. The summed E-state index contributed by atoms with van der Waals surface area (Å²) < 4.78 is 4.48. The molecule has 1 N–H and O–H groups in total. The van der Waals surface area contributed by atoms with Crippen molar-refractivity contribution in [2.45, 2.75) is 20.0 Å². The summed E-state index contributed by atoms with van der Waals surface area (Å²) in [5.41, 5.74) is 2.15. The van der Waals surface area contributed by atoms with Gasteiger partial charge < -0.3 is 4.90 Å². The highest BCUT2D eigenvalue weighted by molar-refractivity contribution is 7.97. The van der Waals surface area contributed by atoms with Crippen molar-refractivity contribution in [2.75, 3.05) is 17.7 Å². The monoisotopic (exact) mass is 412 g/mol. The minimum atomic E-state index is -0.183. The van der Waals surface area contributed by atoms with E-state index in [9.17, 15) is 4.79 Å². The highest BCUT2D eigenvalue weighted by Crippen LogP contribution is 2.27. The first-order valence-electron chi connectivity index (χ1n) is 8.63. The van der Waals surface area contributed by atoms with Crippen LogP contribution in [0.15, 0.2) is 42.7 Å². The number of nitrogens with one attached hydrogen (secondary N) is 1. The number of hydrogen-bond donors (Lipinski definition) is 1. The number of nitriles is 1. The third-order valence-corrected chi connectivity index (χ3v) is 5.46. The van der Waals surface area contributed by atoms with Crippen molar-refractivity contribution in [3.8, 4) is 6.07 Å². The number of aryl methyl sites for hydroxylation is 1. The molecule has 0 unspecified atom stereocenters. The van der Waals surface area contributed by atoms with E-state index in [1.165, 1.54) is 23.3 Å². The molecule has 0 aliphatic carbocycles. The van der Waals surface area contributed by atoms with Crippen molar-refractivity contribution in [1.82, 2.24) is 19.5 Å². The Labute approximate surface area is 172 Å². The van der Waals surface area contributed by atoms with Crippen LogP contribution in [0.1, 0.15) is 26.5 Å². The van der Waals surface area contributed by atoms with Crippen LogP contribution in [-0.2, 0) is 13.1 Å². The zero-order chi connectivity index (χ0) is 19.9. The molecule has 144 valence electrons. The quantitative estimate of drug-likeness (QED) is 0.572. The number of aromatic nitrogens is 3. The second-order valence-electron chi connectivity index (χ2n) is 6.05. The molecule has 2 aromatic heterocycles. The third-order valence-electron chi connectivity index (χ3n) is 4.04. The van der Waals surface area contributed by atoms with E-state index in [4.69, 9.17) is 5.26 Å². The second kappa shape index (κ2) is 9.39. The molecule has 3 aromatic rings. The smallest absolute Gasteiger partial charge is 0.280 e. The van der Waals surface area contributed by atoms with Gasteiger partial charge in [0.2, 0.25) is 0 Å². The first kappa shape index (κ1) is 19.9. The summed E-state index contributed by atoms with van der Waals surface area (Å²) in [6.07, 6.45) is 5.09. The van der Waals surface area contributed by atoms with Gasteiger partial charge in [-0.2, -0.15) is 10.4 Å². The van der Waals surface area contributed by atoms with Crippen LogP contribution < -0.4 is 9.62 Å². The maximum Gasteiger partial charge on any atom is 0.280 e. The van der Waals surface area contributed by atoms with Crippen molar-refractivity contribution >= 4 is 34.3 Å². The summed E-state index contributed by atoms with van der Waals surface area (Å²) in [4.78, 5) is 19.8. The van der Waals surface area contributed by atoms with Gasteiger partial charge in [-0.1, -0.05) is 42.3 Å². The number of amides is 1. The van der Waals surface area contributed by atoms with Gasteiger partial charge >= 0.3 is 0 Å². The largest absolute Gasteiger partial charge is 0.342 e. The molecular formula is C19H20N6OS2. The van der Waals surface area contributed by atoms with Crippen LogP contribution in [0, 0.1) is 18.3 Å². The van der Waals surface area contributed by atoms with E-state index >= 15 is 0 Å². The highest BCUT2D eigenvalue weighted by Gasteiger charge is 2.19. The lowest BCUT2D eigenvalue weighted by atomic mass is 10.2. The third kappa shape index (κ3) is 4.91. The number of benzene rings is 1. The van der Waals surface area contributed by atoms with E-state index in [0.29, 0.717) is 30.9 Å². The van der Waals surface area contributed by atoms with Gasteiger partial charge in [0.1, 0.15) is 11.8 Å². The molecule has 1 amide bonds. The first-order valence-corrected chi connectivity index (χ1v) is 10.7. The first-order chi connectivity index (χ1) is 13.6. The zero-order valence-corrected chi connectivity index (χ0v) is 17.3. The molecule has 0 spiro atoms. The molecule has 0 radical (unpaired) electrons. The Morgan fingerprint density at radius 2 is 2.18 bits per heavy atom. The molecule has 3 rings (SSSR count). The summed E-state index contributed by atoms with van der Waals surface area (Å²) in [6, 6.07) is 12.2. The van der Waals surface area contributed by atoms with Crippen LogP contribution in [0.2, 0.25) is 0 Å². The average molecular weight is 413 g/mol. The van der Waals surface area contributed by atoms with Gasteiger partial charge in [-0.3, -0.25) is 14.2 Å². The molecule has 0 atom stereocenters. The van der Waals surface area contributed by atoms with E-state index in [2.05, 4.69) is 37.9 Å². The molecule has 0 aliphatic rings. The van der Waals surface area contributed by atoms with Crippen LogP contribution in [0.5, 0.6) is 0 Å². The number of hydrogen-bond acceptors (Lipinski definition) is 7. The molecule has 28 heavy (non-hydrogen) atoms. The minimum Gasteiger partial charge on any atom is -0.342 e. The van der Waals surface area contributed by atoms with Crippen LogP contribution >= 0.6 is 23.3 Å². The lowest BCUT2D eigenvalue weighted by molar-refractivity contribution is 0.0980. The summed E-state index contributed by atoms with van der Waals surface area (Å²) in [5.74, 6) is -0.183. The van der Waals surface area contributed by atoms with E-state index in [-0.39, 0.29) is 5.91 Å². The van der Waals surface area contributed by atoms with Crippen LogP contribution in [0.25, 0.3) is 0 Å². The number of thiazole rings is 1. The van der Waals surface area contributed by atoms with Gasteiger partial charge in [0.25, 0.3) is 5.91 Å². The Hall–Kier alpha value is -2.83. The van der Waals surface area contributed by atoms with Crippen molar-refractivity contribution < 1.29 is 4.79 Å².